The lowest BCUT2D eigenvalue weighted by molar-refractivity contribution is 0.180. The molecule has 1 aliphatic heterocycles. The first-order valence-electron chi connectivity index (χ1n) is 5.17. The minimum atomic E-state index is 0.543. The van der Waals surface area contributed by atoms with Gasteiger partial charge in [-0.15, -0.1) is 11.3 Å². The van der Waals surface area contributed by atoms with Crippen molar-refractivity contribution >= 4 is 23.1 Å². The molecule has 5 heteroatoms. The number of ether oxygens (including phenoxy) is 1. The minimum absolute atomic E-state index is 0.543. The molecule has 0 saturated carbocycles. The molecule has 2 unspecified atom stereocenters. The van der Waals surface area contributed by atoms with Crippen LogP contribution in [-0.2, 0) is 4.74 Å². The van der Waals surface area contributed by atoms with Gasteiger partial charge in [0.15, 0.2) is 0 Å². The van der Waals surface area contributed by atoms with E-state index in [4.69, 9.17) is 4.74 Å². The van der Waals surface area contributed by atoms with Crippen LogP contribution in [-0.4, -0.2) is 37.0 Å². The van der Waals surface area contributed by atoms with Gasteiger partial charge in [0.25, 0.3) is 0 Å². The predicted molar refractivity (Wildman–Crippen MR) is 64.6 cm³/mol. The Morgan fingerprint density at radius 1 is 1.80 bits per heavy atom. The zero-order chi connectivity index (χ0) is 10.5. The fourth-order valence-electron chi connectivity index (χ4n) is 1.77. The molecular weight excluding hydrogens is 228 g/mol. The number of thioether (sulfide) groups is 1. The van der Waals surface area contributed by atoms with Gasteiger partial charge in [-0.2, -0.15) is 0 Å². The first kappa shape index (κ1) is 11.4. The molecule has 1 N–H and O–H groups in total. The van der Waals surface area contributed by atoms with Crippen molar-refractivity contribution in [3.63, 3.8) is 0 Å². The molecule has 84 valence electrons. The molecule has 1 aromatic rings. The lowest BCUT2D eigenvalue weighted by atomic mass is 10.0. The van der Waals surface area contributed by atoms with Crippen LogP contribution in [0.15, 0.2) is 15.9 Å². The molecule has 2 heterocycles. The second-order valence-corrected chi connectivity index (χ2v) is 5.79. The number of rotatable bonds is 5. The molecule has 0 aliphatic carbocycles. The summed E-state index contributed by atoms with van der Waals surface area (Å²) in [4.78, 5) is 4.27. The SMILES string of the molecule is CNC(CSc1nccs1)C1CCOC1. The summed E-state index contributed by atoms with van der Waals surface area (Å²) < 4.78 is 6.58. The van der Waals surface area contributed by atoms with Gasteiger partial charge >= 0.3 is 0 Å². The van der Waals surface area contributed by atoms with Crippen molar-refractivity contribution in [1.82, 2.24) is 10.3 Å². The van der Waals surface area contributed by atoms with E-state index >= 15 is 0 Å². The third-order valence-electron chi connectivity index (χ3n) is 2.70. The Hall–Kier alpha value is -0.100. The van der Waals surface area contributed by atoms with Crippen LogP contribution >= 0.6 is 23.1 Å². The highest BCUT2D eigenvalue weighted by Crippen LogP contribution is 2.25. The molecule has 2 atom stereocenters. The normalized spacial score (nSPS) is 23.1. The van der Waals surface area contributed by atoms with Crippen molar-refractivity contribution in [3.05, 3.63) is 11.6 Å². The first-order valence-corrected chi connectivity index (χ1v) is 7.04. The molecule has 1 saturated heterocycles. The molecule has 3 nitrogen and oxygen atoms in total. The van der Waals surface area contributed by atoms with Gasteiger partial charge in [0.05, 0.1) is 6.61 Å². The topological polar surface area (TPSA) is 34.2 Å². The second kappa shape index (κ2) is 5.84. The van der Waals surface area contributed by atoms with E-state index in [1.807, 2.05) is 30.4 Å². The van der Waals surface area contributed by atoms with E-state index in [9.17, 15) is 0 Å². The van der Waals surface area contributed by atoms with Crippen molar-refractivity contribution in [2.75, 3.05) is 26.0 Å². The monoisotopic (exact) mass is 244 g/mol. The maximum atomic E-state index is 5.41. The summed E-state index contributed by atoms with van der Waals surface area (Å²) in [5, 5.41) is 5.41. The molecule has 1 aliphatic rings. The summed E-state index contributed by atoms with van der Waals surface area (Å²) >= 11 is 3.55. The van der Waals surface area contributed by atoms with Gasteiger partial charge in [-0.05, 0) is 13.5 Å². The van der Waals surface area contributed by atoms with Crippen LogP contribution in [0.25, 0.3) is 0 Å². The molecule has 15 heavy (non-hydrogen) atoms. The molecule has 0 amide bonds. The molecule has 0 bridgehead atoms. The number of hydrogen-bond acceptors (Lipinski definition) is 5. The largest absolute Gasteiger partial charge is 0.381 e. The number of aromatic nitrogens is 1. The second-order valence-electron chi connectivity index (χ2n) is 3.63. The van der Waals surface area contributed by atoms with E-state index in [-0.39, 0.29) is 0 Å². The molecule has 1 fully saturated rings. The van der Waals surface area contributed by atoms with E-state index in [0.717, 1.165) is 23.3 Å². The summed E-state index contributed by atoms with van der Waals surface area (Å²) in [7, 11) is 2.03. The third-order valence-corrected chi connectivity index (χ3v) is 4.79. The Kier molecular flexibility index (Phi) is 4.43. The van der Waals surface area contributed by atoms with E-state index in [2.05, 4.69) is 10.3 Å². The van der Waals surface area contributed by atoms with Gasteiger partial charge in [0.1, 0.15) is 4.34 Å². The van der Waals surface area contributed by atoms with Crippen LogP contribution < -0.4 is 5.32 Å². The summed E-state index contributed by atoms with van der Waals surface area (Å²) in [6.07, 6.45) is 3.05. The summed E-state index contributed by atoms with van der Waals surface area (Å²) in [6, 6.07) is 0.543. The van der Waals surface area contributed by atoms with Crippen molar-refractivity contribution < 1.29 is 4.74 Å². The van der Waals surface area contributed by atoms with Crippen LogP contribution in [0.4, 0.5) is 0 Å². The Labute approximate surface area is 98.6 Å². The van der Waals surface area contributed by atoms with Crippen LogP contribution in [0.5, 0.6) is 0 Å². The average Bonchev–Trinajstić information content (AvgIpc) is 2.90. The molecule has 0 radical (unpaired) electrons. The van der Waals surface area contributed by atoms with E-state index in [1.165, 1.54) is 6.42 Å². The van der Waals surface area contributed by atoms with Gasteiger partial charge in [-0.1, -0.05) is 11.8 Å². The maximum Gasteiger partial charge on any atom is 0.149 e. The van der Waals surface area contributed by atoms with Gasteiger partial charge in [-0.3, -0.25) is 0 Å². The van der Waals surface area contributed by atoms with Gasteiger partial charge in [-0.25, -0.2) is 4.98 Å². The third kappa shape index (κ3) is 3.17. The van der Waals surface area contributed by atoms with E-state index in [1.54, 1.807) is 11.3 Å². The van der Waals surface area contributed by atoms with Gasteiger partial charge < -0.3 is 10.1 Å². The van der Waals surface area contributed by atoms with E-state index < -0.39 is 0 Å². The molecular formula is C10H16N2OS2. The van der Waals surface area contributed by atoms with Crippen molar-refractivity contribution in [1.29, 1.82) is 0 Å². The highest BCUT2D eigenvalue weighted by atomic mass is 32.2. The highest BCUT2D eigenvalue weighted by molar-refractivity contribution is 8.01. The van der Waals surface area contributed by atoms with Crippen molar-refractivity contribution in [2.45, 2.75) is 16.8 Å². The number of thiazole rings is 1. The molecule has 1 aromatic heterocycles. The average molecular weight is 244 g/mol. The lowest BCUT2D eigenvalue weighted by Gasteiger charge is -2.20. The Morgan fingerprint density at radius 2 is 2.73 bits per heavy atom. The van der Waals surface area contributed by atoms with Crippen LogP contribution in [0.3, 0.4) is 0 Å². The van der Waals surface area contributed by atoms with Gasteiger partial charge in [0, 0.05) is 35.9 Å². The number of nitrogens with zero attached hydrogens (tertiary/aromatic N) is 1. The minimum Gasteiger partial charge on any atom is -0.381 e. The van der Waals surface area contributed by atoms with Crippen LogP contribution in [0, 0.1) is 5.92 Å². The Balaban J connectivity index is 1.80. The maximum absolute atomic E-state index is 5.41. The molecule has 2 rings (SSSR count). The smallest absolute Gasteiger partial charge is 0.149 e. The summed E-state index contributed by atoms with van der Waals surface area (Å²) in [5.41, 5.74) is 0. The lowest BCUT2D eigenvalue weighted by Crippen LogP contribution is -2.36. The number of hydrogen-bond donors (Lipinski definition) is 1. The van der Waals surface area contributed by atoms with E-state index in [0.29, 0.717) is 12.0 Å². The zero-order valence-corrected chi connectivity index (χ0v) is 10.4. The predicted octanol–water partition coefficient (Wildman–Crippen LogP) is 1.86. The zero-order valence-electron chi connectivity index (χ0n) is 8.81. The molecule has 0 aromatic carbocycles. The van der Waals surface area contributed by atoms with Crippen LogP contribution in [0.1, 0.15) is 6.42 Å². The quantitative estimate of drug-likeness (QED) is 0.802. The first-order chi connectivity index (χ1) is 7.40. The number of nitrogens with one attached hydrogen (secondary N) is 1. The fraction of sp³-hybridized carbons (Fsp3) is 0.700. The summed E-state index contributed by atoms with van der Waals surface area (Å²) in [6.45, 7) is 1.83. The highest BCUT2D eigenvalue weighted by Gasteiger charge is 2.24. The Bertz CT molecular complexity index is 273. The Morgan fingerprint density at radius 3 is 3.33 bits per heavy atom. The standard InChI is InChI=1S/C10H16N2OS2/c1-11-9(8-2-4-13-6-8)7-15-10-12-3-5-14-10/h3,5,8-9,11H,2,4,6-7H2,1H3. The summed E-state index contributed by atoms with van der Waals surface area (Å²) in [5.74, 6) is 1.75. The fourth-order valence-corrected chi connectivity index (χ4v) is 3.67. The van der Waals surface area contributed by atoms with Crippen LogP contribution in [0.2, 0.25) is 0 Å². The van der Waals surface area contributed by atoms with Gasteiger partial charge in [0.2, 0.25) is 0 Å². The molecule has 0 spiro atoms. The van der Waals surface area contributed by atoms with Crippen molar-refractivity contribution in [3.8, 4) is 0 Å². The van der Waals surface area contributed by atoms with Crippen molar-refractivity contribution in [2.24, 2.45) is 5.92 Å².